The van der Waals surface area contributed by atoms with Crippen LogP contribution in [0.5, 0.6) is 0 Å². The Morgan fingerprint density at radius 2 is 1.89 bits per heavy atom. The molecule has 0 unspecified atom stereocenters. The fourth-order valence-electron chi connectivity index (χ4n) is 0.172. The third-order valence-corrected chi connectivity index (χ3v) is 0.539. The highest BCUT2D eigenvalue weighted by molar-refractivity contribution is 6.30. The lowest BCUT2D eigenvalue weighted by Crippen LogP contribution is -1.50. The molecule has 0 aromatic carbocycles. The van der Waals surface area contributed by atoms with E-state index in [1.165, 1.54) is 0 Å². The Balaban J connectivity index is 0. The van der Waals surface area contributed by atoms with Gasteiger partial charge in [0.1, 0.15) is 0 Å². The van der Waals surface area contributed by atoms with E-state index in [1.807, 2.05) is 13.8 Å². The number of halogens is 1. The minimum Gasteiger partial charge on any atom is -0.0991 e. The molecule has 0 fully saturated rings. The normalized spacial score (nSPS) is 7.89. The molecule has 0 aliphatic rings. The summed E-state index contributed by atoms with van der Waals surface area (Å²) in [5.74, 6) is 0. The minimum absolute atomic E-state index is 0.528. The summed E-state index contributed by atoms with van der Waals surface area (Å²) in [6.45, 7) is 10.9. The Kier molecular flexibility index (Phi) is 13.2. The molecule has 0 aromatic heterocycles. The molecule has 0 N–H and O–H groups in total. The van der Waals surface area contributed by atoms with Gasteiger partial charge in [0, 0.05) is 5.03 Å². The standard InChI is InChI=1S/C6H7Cl.C2H6/c1-3-4-5-6(2)7;1-2/h3-5H,1-2H2;1-2H3/b5-4-;. The summed E-state index contributed by atoms with van der Waals surface area (Å²) in [5.41, 5.74) is 0. The lowest BCUT2D eigenvalue weighted by molar-refractivity contribution is 1.50. The molecule has 0 aliphatic carbocycles. The van der Waals surface area contributed by atoms with Gasteiger partial charge in [0.2, 0.25) is 0 Å². The molecule has 9 heavy (non-hydrogen) atoms. The van der Waals surface area contributed by atoms with E-state index >= 15 is 0 Å². The maximum absolute atomic E-state index is 5.33. The molecule has 0 aromatic rings. The maximum atomic E-state index is 5.33. The van der Waals surface area contributed by atoms with Crippen molar-refractivity contribution in [3.05, 3.63) is 36.4 Å². The van der Waals surface area contributed by atoms with Crippen molar-refractivity contribution in [1.29, 1.82) is 0 Å². The van der Waals surface area contributed by atoms with Crippen molar-refractivity contribution in [3.8, 4) is 0 Å². The zero-order valence-electron chi connectivity index (χ0n) is 6.02. The summed E-state index contributed by atoms with van der Waals surface area (Å²) in [5, 5.41) is 0.528. The molecule has 0 amide bonds. The number of hydrogen-bond donors (Lipinski definition) is 0. The molecule has 0 rings (SSSR count). The molecule has 0 saturated heterocycles. The summed E-state index contributed by atoms with van der Waals surface area (Å²) < 4.78 is 0. The molecule has 0 nitrogen and oxygen atoms in total. The molecule has 0 bridgehead atoms. The molecule has 0 saturated carbocycles. The van der Waals surface area contributed by atoms with Gasteiger partial charge < -0.3 is 0 Å². The van der Waals surface area contributed by atoms with Crippen molar-refractivity contribution in [1.82, 2.24) is 0 Å². The quantitative estimate of drug-likeness (QED) is 0.521. The molecule has 0 atom stereocenters. The third kappa shape index (κ3) is 18.5. The van der Waals surface area contributed by atoms with Crippen LogP contribution < -0.4 is 0 Å². The number of rotatable bonds is 2. The van der Waals surface area contributed by atoms with Crippen molar-refractivity contribution in [2.45, 2.75) is 13.8 Å². The molecule has 52 valence electrons. The molecule has 0 aliphatic heterocycles. The van der Waals surface area contributed by atoms with Gasteiger partial charge in [-0.1, -0.05) is 50.8 Å². The molecule has 0 spiro atoms. The summed E-state index contributed by atoms with van der Waals surface area (Å²) in [6.07, 6.45) is 5.05. The number of hydrogen-bond acceptors (Lipinski definition) is 0. The van der Waals surface area contributed by atoms with E-state index in [-0.39, 0.29) is 0 Å². The Morgan fingerprint density at radius 1 is 1.44 bits per heavy atom. The van der Waals surface area contributed by atoms with Gasteiger partial charge in [0.25, 0.3) is 0 Å². The van der Waals surface area contributed by atoms with Crippen LogP contribution in [0.15, 0.2) is 36.4 Å². The van der Waals surface area contributed by atoms with E-state index in [0.717, 1.165) is 0 Å². The Labute approximate surface area is 62.5 Å². The highest BCUT2D eigenvalue weighted by atomic mass is 35.5. The van der Waals surface area contributed by atoms with E-state index in [0.29, 0.717) is 5.03 Å². The number of allylic oxidation sites excluding steroid dienone is 4. The molecular formula is C8H13Cl. The van der Waals surface area contributed by atoms with Crippen LogP contribution in [0.2, 0.25) is 0 Å². The average Bonchev–Trinajstić information content (AvgIpc) is 1.88. The summed E-state index contributed by atoms with van der Waals surface area (Å²) in [6, 6.07) is 0. The van der Waals surface area contributed by atoms with Gasteiger partial charge in [0.05, 0.1) is 0 Å². The second kappa shape index (κ2) is 10.5. The monoisotopic (exact) mass is 144 g/mol. The van der Waals surface area contributed by atoms with Crippen molar-refractivity contribution in [2.75, 3.05) is 0 Å². The topological polar surface area (TPSA) is 0 Å². The SMILES string of the molecule is C=C/C=C\C(=C)Cl.CC. The highest BCUT2D eigenvalue weighted by Gasteiger charge is 1.68. The lowest BCUT2D eigenvalue weighted by Gasteiger charge is -1.74. The summed E-state index contributed by atoms with van der Waals surface area (Å²) in [4.78, 5) is 0. The Hall–Kier alpha value is -0.490. The Morgan fingerprint density at radius 3 is 2.00 bits per heavy atom. The van der Waals surface area contributed by atoms with Crippen molar-refractivity contribution in [2.24, 2.45) is 0 Å². The largest absolute Gasteiger partial charge is 0.0991 e. The second-order valence-electron chi connectivity index (χ2n) is 1.04. The highest BCUT2D eigenvalue weighted by Crippen LogP contribution is 1.96. The smallest absolute Gasteiger partial charge is 0.0334 e. The zero-order chi connectivity index (χ0) is 7.70. The van der Waals surface area contributed by atoms with Gasteiger partial charge in [-0.3, -0.25) is 0 Å². The predicted molar refractivity (Wildman–Crippen MR) is 45.7 cm³/mol. The van der Waals surface area contributed by atoms with Gasteiger partial charge in [-0.2, -0.15) is 0 Å². The van der Waals surface area contributed by atoms with Gasteiger partial charge >= 0.3 is 0 Å². The van der Waals surface area contributed by atoms with Gasteiger partial charge in [-0.25, -0.2) is 0 Å². The van der Waals surface area contributed by atoms with Crippen LogP contribution >= 0.6 is 11.6 Å². The fourth-order valence-corrected chi connectivity index (χ4v) is 0.245. The van der Waals surface area contributed by atoms with Crippen LogP contribution in [0, 0.1) is 0 Å². The molecular weight excluding hydrogens is 132 g/mol. The summed E-state index contributed by atoms with van der Waals surface area (Å²) in [7, 11) is 0. The molecule has 0 heterocycles. The first-order valence-electron chi connectivity index (χ1n) is 2.91. The molecule has 1 heteroatoms. The van der Waals surface area contributed by atoms with Gasteiger partial charge in [-0.05, 0) is 6.08 Å². The van der Waals surface area contributed by atoms with Crippen LogP contribution in [0.4, 0.5) is 0 Å². The maximum Gasteiger partial charge on any atom is 0.0334 e. The summed E-state index contributed by atoms with van der Waals surface area (Å²) >= 11 is 5.33. The van der Waals surface area contributed by atoms with Crippen LogP contribution in [-0.2, 0) is 0 Å². The van der Waals surface area contributed by atoms with E-state index < -0.39 is 0 Å². The second-order valence-corrected chi connectivity index (χ2v) is 1.53. The first-order chi connectivity index (χ1) is 4.27. The minimum atomic E-state index is 0.528. The Bertz CT molecular complexity index is 101. The molecule has 0 radical (unpaired) electrons. The van der Waals surface area contributed by atoms with E-state index in [2.05, 4.69) is 13.2 Å². The van der Waals surface area contributed by atoms with Gasteiger partial charge in [-0.15, -0.1) is 0 Å². The van der Waals surface area contributed by atoms with Crippen molar-refractivity contribution in [3.63, 3.8) is 0 Å². The van der Waals surface area contributed by atoms with Gasteiger partial charge in [0.15, 0.2) is 0 Å². The lowest BCUT2D eigenvalue weighted by atomic mass is 10.5. The van der Waals surface area contributed by atoms with Crippen molar-refractivity contribution >= 4 is 11.6 Å². The van der Waals surface area contributed by atoms with Crippen LogP contribution in [-0.4, -0.2) is 0 Å². The van der Waals surface area contributed by atoms with Crippen molar-refractivity contribution < 1.29 is 0 Å². The van der Waals surface area contributed by atoms with E-state index in [9.17, 15) is 0 Å². The third-order valence-electron chi connectivity index (χ3n) is 0.413. The zero-order valence-corrected chi connectivity index (χ0v) is 6.78. The predicted octanol–water partition coefficient (Wildman–Crippen LogP) is 3.51. The van der Waals surface area contributed by atoms with E-state index in [4.69, 9.17) is 11.6 Å². The van der Waals surface area contributed by atoms with Crippen LogP contribution in [0.25, 0.3) is 0 Å². The van der Waals surface area contributed by atoms with Crippen LogP contribution in [0.1, 0.15) is 13.8 Å². The fraction of sp³-hybridized carbons (Fsp3) is 0.250. The first kappa shape index (κ1) is 11.3. The average molecular weight is 145 g/mol. The van der Waals surface area contributed by atoms with E-state index in [1.54, 1.807) is 18.2 Å². The first-order valence-corrected chi connectivity index (χ1v) is 3.28. The van der Waals surface area contributed by atoms with Crippen LogP contribution in [0.3, 0.4) is 0 Å².